The summed E-state index contributed by atoms with van der Waals surface area (Å²) in [6.07, 6.45) is 1.55. The lowest BCUT2D eigenvalue weighted by atomic mass is 10.4. The minimum atomic E-state index is -0.713. The molecule has 0 amide bonds. The van der Waals surface area contributed by atoms with Crippen molar-refractivity contribution in [2.24, 2.45) is 10.9 Å². The average molecular weight is 206 g/mol. The van der Waals surface area contributed by atoms with Crippen LogP contribution in [0.25, 0.3) is 0 Å². The zero-order valence-corrected chi connectivity index (χ0v) is 8.35. The Bertz CT molecular complexity index is 230. The minimum absolute atomic E-state index is 0.228. The standard InChI is InChI=1S/C9H13ClFNO/c1-3-9(12-6(2)11)13-5-7-4-8(7)10/h7-8H,2-5H2,1H3. The van der Waals surface area contributed by atoms with Crippen LogP contribution in [-0.4, -0.2) is 17.9 Å². The van der Waals surface area contributed by atoms with Crippen LogP contribution in [0.2, 0.25) is 0 Å². The van der Waals surface area contributed by atoms with E-state index in [1.807, 2.05) is 6.92 Å². The molecule has 0 aromatic carbocycles. The first-order chi connectivity index (χ1) is 6.13. The molecule has 0 aliphatic heterocycles. The fourth-order valence-electron chi connectivity index (χ4n) is 0.935. The molecule has 1 rings (SSSR count). The molecule has 1 aliphatic carbocycles. The van der Waals surface area contributed by atoms with E-state index in [4.69, 9.17) is 16.3 Å². The topological polar surface area (TPSA) is 21.6 Å². The van der Waals surface area contributed by atoms with Crippen molar-refractivity contribution >= 4 is 17.5 Å². The van der Waals surface area contributed by atoms with Gasteiger partial charge in [-0.1, -0.05) is 6.92 Å². The molecule has 2 atom stereocenters. The van der Waals surface area contributed by atoms with Gasteiger partial charge in [-0.05, 0) is 13.0 Å². The molecular formula is C9H13ClFNO. The smallest absolute Gasteiger partial charge is 0.208 e. The lowest BCUT2D eigenvalue weighted by molar-refractivity contribution is 0.279. The van der Waals surface area contributed by atoms with Crippen molar-refractivity contribution < 1.29 is 9.13 Å². The molecule has 0 aromatic heterocycles. The maximum Gasteiger partial charge on any atom is 0.208 e. The maximum atomic E-state index is 12.3. The summed E-state index contributed by atoms with van der Waals surface area (Å²) in [6.45, 7) is 5.43. The molecule has 2 unspecified atom stereocenters. The fraction of sp³-hybridized carbons (Fsp3) is 0.667. The summed E-state index contributed by atoms with van der Waals surface area (Å²) in [5.74, 6) is 0.0876. The van der Waals surface area contributed by atoms with Gasteiger partial charge in [0.05, 0.1) is 6.61 Å². The lowest BCUT2D eigenvalue weighted by Crippen LogP contribution is -2.07. The van der Waals surface area contributed by atoms with E-state index in [1.54, 1.807) is 0 Å². The summed E-state index contributed by atoms with van der Waals surface area (Å²) in [5, 5.41) is 0.228. The Morgan fingerprint density at radius 3 is 2.77 bits per heavy atom. The second-order valence-electron chi connectivity index (χ2n) is 3.06. The number of aliphatic imine (C=N–C) groups is 1. The van der Waals surface area contributed by atoms with Crippen LogP contribution in [0, 0.1) is 5.92 Å². The van der Waals surface area contributed by atoms with Crippen LogP contribution in [-0.2, 0) is 4.74 Å². The summed E-state index contributed by atoms with van der Waals surface area (Å²) < 4.78 is 17.5. The van der Waals surface area contributed by atoms with E-state index in [0.717, 1.165) is 6.42 Å². The van der Waals surface area contributed by atoms with Crippen molar-refractivity contribution in [3.05, 3.63) is 12.5 Å². The zero-order chi connectivity index (χ0) is 9.84. The number of hydrogen-bond acceptors (Lipinski definition) is 2. The van der Waals surface area contributed by atoms with Crippen molar-refractivity contribution in [2.45, 2.75) is 25.1 Å². The van der Waals surface area contributed by atoms with E-state index >= 15 is 0 Å². The molecule has 1 aliphatic rings. The van der Waals surface area contributed by atoms with Crippen LogP contribution in [0.1, 0.15) is 19.8 Å². The van der Waals surface area contributed by atoms with Gasteiger partial charge in [-0.3, -0.25) is 0 Å². The van der Waals surface area contributed by atoms with E-state index < -0.39 is 5.95 Å². The van der Waals surface area contributed by atoms with E-state index in [9.17, 15) is 4.39 Å². The molecule has 74 valence electrons. The second kappa shape index (κ2) is 4.61. The first-order valence-electron chi connectivity index (χ1n) is 4.32. The fourth-order valence-corrected chi connectivity index (χ4v) is 1.24. The van der Waals surface area contributed by atoms with Crippen LogP contribution in [0.4, 0.5) is 4.39 Å². The van der Waals surface area contributed by atoms with E-state index in [1.165, 1.54) is 0 Å². The molecule has 2 nitrogen and oxygen atoms in total. The summed E-state index contributed by atoms with van der Waals surface area (Å²) in [4.78, 5) is 3.51. The Morgan fingerprint density at radius 2 is 2.38 bits per heavy atom. The average Bonchev–Trinajstić information content (AvgIpc) is 2.75. The highest BCUT2D eigenvalue weighted by molar-refractivity contribution is 6.22. The lowest BCUT2D eigenvalue weighted by Gasteiger charge is -2.05. The highest BCUT2D eigenvalue weighted by Gasteiger charge is 2.35. The Labute approximate surface area is 82.4 Å². The van der Waals surface area contributed by atoms with Gasteiger partial charge < -0.3 is 4.74 Å². The van der Waals surface area contributed by atoms with Gasteiger partial charge in [0.15, 0.2) is 5.90 Å². The van der Waals surface area contributed by atoms with Gasteiger partial charge in [-0.15, -0.1) is 11.6 Å². The van der Waals surface area contributed by atoms with E-state index in [2.05, 4.69) is 11.6 Å². The maximum absolute atomic E-state index is 12.3. The minimum Gasteiger partial charge on any atom is -0.480 e. The Balaban J connectivity index is 2.27. The van der Waals surface area contributed by atoms with Gasteiger partial charge in [0, 0.05) is 17.7 Å². The van der Waals surface area contributed by atoms with Crippen molar-refractivity contribution in [3.63, 3.8) is 0 Å². The van der Waals surface area contributed by atoms with Gasteiger partial charge in [-0.25, -0.2) is 0 Å². The van der Waals surface area contributed by atoms with Crippen LogP contribution >= 0.6 is 11.6 Å². The number of rotatable bonds is 4. The number of ether oxygens (including phenoxy) is 1. The molecule has 4 heteroatoms. The summed E-state index contributed by atoms with van der Waals surface area (Å²) >= 11 is 5.77. The van der Waals surface area contributed by atoms with Crippen LogP contribution in [0.5, 0.6) is 0 Å². The first kappa shape index (κ1) is 10.5. The quantitative estimate of drug-likeness (QED) is 0.299. The molecule has 0 spiro atoms. The van der Waals surface area contributed by atoms with Crippen LogP contribution in [0.15, 0.2) is 17.5 Å². The predicted octanol–water partition coefficient (Wildman–Crippen LogP) is 2.88. The number of hydrogen-bond donors (Lipinski definition) is 0. The molecule has 1 saturated carbocycles. The monoisotopic (exact) mass is 205 g/mol. The van der Waals surface area contributed by atoms with Crippen molar-refractivity contribution in [1.29, 1.82) is 0 Å². The van der Waals surface area contributed by atoms with Gasteiger partial charge in [0.2, 0.25) is 5.95 Å². The van der Waals surface area contributed by atoms with Crippen LogP contribution < -0.4 is 0 Å². The highest BCUT2D eigenvalue weighted by Crippen LogP contribution is 2.36. The van der Waals surface area contributed by atoms with Gasteiger partial charge in [-0.2, -0.15) is 9.38 Å². The zero-order valence-electron chi connectivity index (χ0n) is 7.59. The number of halogens is 2. The Hall–Kier alpha value is -0.570. The second-order valence-corrected chi connectivity index (χ2v) is 3.62. The normalized spacial score (nSPS) is 27.2. The molecule has 0 bridgehead atoms. The third-order valence-electron chi connectivity index (χ3n) is 1.85. The summed E-state index contributed by atoms with van der Waals surface area (Å²) in [6, 6.07) is 0. The summed E-state index contributed by atoms with van der Waals surface area (Å²) in [5.41, 5.74) is 0. The summed E-state index contributed by atoms with van der Waals surface area (Å²) in [7, 11) is 0. The number of alkyl halides is 1. The molecule has 0 radical (unpaired) electrons. The number of nitrogens with zero attached hydrogens (tertiary/aromatic N) is 1. The molecule has 13 heavy (non-hydrogen) atoms. The third-order valence-corrected chi connectivity index (χ3v) is 2.38. The highest BCUT2D eigenvalue weighted by atomic mass is 35.5. The van der Waals surface area contributed by atoms with E-state index in [0.29, 0.717) is 24.8 Å². The van der Waals surface area contributed by atoms with E-state index in [-0.39, 0.29) is 5.38 Å². The first-order valence-corrected chi connectivity index (χ1v) is 4.76. The van der Waals surface area contributed by atoms with Gasteiger partial charge in [0.1, 0.15) is 0 Å². The Kier molecular flexibility index (Phi) is 3.72. The molecule has 0 heterocycles. The molecule has 1 fully saturated rings. The SMILES string of the molecule is C=C(F)N=C(CC)OCC1CC1Cl. The Morgan fingerprint density at radius 1 is 1.77 bits per heavy atom. The molecular weight excluding hydrogens is 193 g/mol. The molecule has 0 saturated heterocycles. The van der Waals surface area contributed by atoms with Crippen molar-refractivity contribution in [2.75, 3.05) is 6.61 Å². The largest absolute Gasteiger partial charge is 0.480 e. The third kappa shape index (κ3) is 3.77. The van der Waals surface area contributed by atoms with Gasteiger partial charge >= 0.3 is 0 Å². The molecule has 0 N–H and O–H groups in total. The predicted molar refractivity (Wildman–Crippen MR) is 51.7 cm³/mol. The van der Waals surface area contributed by atoms with Crippen molar-refractivity contribution in [1.82, 2.24) is 0 Å². The van der Waals surface area contributed by atoms with Gasteiger partial charge in [0.25, 0.3) is 0 Å². The molecule has 0 aromatic rings. The van der Waals surface area contributed by atoms with Crippen molar-refractivity contribution in [3.8, 4) is 0 Å². The van der Waals surface area contributed by atoms with Crippen LogP contribution in [0.3, 0.4) is 0 Å².